The molecule has 7 heteroatoms. The van der Waals surface area contributed by atoms with Gasteiger partial charge in [0.05, 0.1) is 23.7 Å². The Morgan fingerprint density at radius 1 is 1.20 bits per heavy atom. The van der Waals surface area contributed by atoms with Crippen molar-refractivity contribution in [3.8, 4) is 23.6 Å². The number of benzene rings is 2. The third-order valence-electron chi connectivity index (χ3n) is 3.29. The Morgan fingerprint density at radius 2 is 1.88 bits per heavy atom. The van der Waals surface area contributed by atoms with Gasteiger partial charge in [-0.05, 0) is 17.7 Å². The molecule has 2 aromatic carbocycles. The molecule has 0 heterocycles. The van der Waals surface area contributed by atoms with Gasteiger partial charge in [0.1, 0.15) is 24.3 Å². The van der Waals surface area contributed by atoms with Crippen molar-refractivity contribution in [2.45, 2.75) is 6.61 Å². The summed E-state index contributed by atoms with van der Waals surface area (Å²) in [4.78, 5) is 10.6. The molecule has 0 aromatic heterocycles. The summed E-state index contributed by atoms with van der Waals surface area (Å²) >= 11 is 0. The molecule has 0 saturated heterocycles. The highest BCUT2D eigenvalue weighted by atomic mass is 16.6. The molecule has 2 rings (SSSR count). The van der Waals surface area contributed by atoms with Gasteiger partial charge in [0.25, 0.3) is 5.69 Å². The summed E-state index contributed by atoms with van der Waals surface area (Å²) < 4.78 is 10.9. The van der Waals surface area contributed by atoms with Crippen LogP contribution in [0.2, 0.25) is 0 Å². The van der Waals surface area contributed by atoms with E-state index in [-0.39, 0.29) is 34.9 Å². The van der Waals surface area contributed by atoms with Crippen LogP contribution < -0.4 is 9.47 Å². The van der Waals surface area contributed by atoms with Crippen LogP contribution in [0.4, 0.5) is 5.69 Å². The smallest absolute Gasteiger partial charge is 0.280 e. The second kappa shape index (κ2) is 8.14. The van der Waals surface area contributed by atoms with Crippen molar-refractivity contribution >= 4 is 11.8 Å². The second-order valence-electron chi connectivity index (χ2n) is 4.87. The highest BCUT2D eigenvalue weighted by molar-refractivity contribution is 5.71. The molecule has 0 unspecified atom stereocenters. The van der Waals surface area contributed by atoms with Crippen molar-refractivity contribution in [2.24, 2.45) is 0 Å². The predicted octanol–water partition coefficient (Wildman–Crippen LogP) is 3.61. The molecule has 25 heavy (non-hydrogen) atoms. The van der Waals surface area contributed by atoms with Gasteiger partial charge in [-0.15, -0.1) is 0 Å². The van der Waals surface area contributed by atoms with Crippen LogP contribution in [0.1, 0.15) is 11.1 Å². The van der Waals surface area contributed by atoms with E-state index in [0.717, 1.165) is 11.6 Å². The van der Waals surface area contributed by atoms with Crippen LogP contribution in [0, 0.1) is 32.8 Å². The molecule has 0 saturated carbocycles. The van der Waals surface area contributed by atoms with Crippen molar-refractivity contribution in [3.63, 3.8) is 0 Å². The van der Waals surface area contributed by atoms with E-state index in [0.29, 0.717) is 0 Å². The standard InChI is InChI=1S/C18H13N3O4/c1-24-17-9-16(21(22)23)15(7-14(10-19)11-20)8-18(17)25-12-13-5-3-2-4-6-13/h2-9H,12H2,1H3. The number of nitro benzene ring substituents is 1. The summed E-state index contributed by atoms with van der Waals surface area (Å²) in [5.41, 5.74) is 0.468. The molecule has 0 N–H and O–H groups in total. The number of allylic oxidation sites excluding steroid dienone is 1. The van der Waals surface area contributed by atoms with Crippen LogP contribution >= 0.6 is 0 Å². The minimum atomic E-state index is -0.609. The molecule has 0 aliphatic carbocycles. The summed E-state index contributed by atoms with van der Waals surface area (Å²) in [6.45, 7) is 0.238. The summed E-state index contributed by atoms with van der Waals surface area (Å²) in [7, 11) is 1.37. The largest absolute Gasteiger partial charge is 0.493 e. The number of nitriles is 2. The molecule has 0 aliphatic rings. The van der Waals surface area contributed by atoms with Crippen molar-refractivity contribution < 1.29 is 14.4 Å². The van der Waals surface area contributed by atoms with Crippen LogP contribution in [-0.4, -0.2) is 12.0 Å². The maximum Gasteiger partial charge on any atom is 0.280 e. The first-order valence-corrected chi connectivity index (χ1v) is 7.14. The first-order chi connectivity index (χ1) is 12.1. The molecule has 124 valence electrons. The summed E-state index contributed by atoms with van der Waals surface area (Å²) in [5, 5.41) is 29.0. The van der Waals surface area contributed by atoms with Gasteiger partial charge < -0.3 is 9.47 Å². The number of rotatable bonds is 6. The van der Waals surface area contributed by atoms with Gasteiger partial charge in [-0.25, -0.2) is 0 Å². The van der Waals surface area contributed by atoms with E-state index in [1.807, 2.05) is 30.3 Å². The molecule has 0 atom stereocenters. The van der Waals surface area contributed by atoms with Crippen LogP contribution in [0.25, 0.3) is 6.08 Å². The Morgan fingerprint density at radius 3 is 2.44 bits per heavy atom. The highest BCUT2D eigenvalue weighted by Gasteiger charge is 2.19. The van der Waals surface area contributed by atoms with Gasteiger partial charge in [-0.2, -0.15) is 10.5 Å². The molecule has 0 spiro atoms. The lowest BCUT2D eigenvalue weighted by Crippen LogP contribution is -2.00. The molecule has 0 aliphatic heterocycles. The molecular weight excluding hydrogens is 322 g/mol. The lowest BCUT2D eigenvalue weighted by molar-refractivity contribution is -0.385. The predicted molar refractivity (Wildman–Crippen MR) is 89.6 cm³/mol. The Labute approximate surface area is 144 Å². The first kappa shape index (κ1) is 17.5. The number of hydrogen-bond donors (Lipinski definition) is 0. The van der Waals surface area contributed by atoms with Crippen LogP contribution in [0.5, 0.6) is 11.5 Å². The fourth-order valence-electron chi connectivity index (χ4n) is 2.09. The summed E-state index contributed by atoms with van der Waals surface area (Å²) in [5.74, 6) is 0.466. The van der Waals surface area contributed by atoms with Crippen molar-refractivity contribution in [1.82, 2.24) is 0 Å². The van der Waals surface area contributed by atoms with Gasteiger partial charge in [0, 0.05) is 0 Å². The molecule has 0 fully saturated rings. The number of nitrogens with zero attached hydrogens (tertiary/aromatic N) is 3. The topological polar surface area (TPSA) is 109 Å². The molecule has 2 aromatic rings. The van der Waals surface area contributed by atoms with E-state index in [9.17, 15) is 10.1 Å². The van der Waals surface area contributed by atoms with Crippen molar-refractivity contribution in [3.05, 3.63) is 69.3 Å². The SMILES string of the molecule is COc1cc([N+](=O)[O-])c(C=C(C#N)C#N)cc1OCc1ccccc1. The second-order valence-corrected chi connectivity index (χ2v) is 4.87. The number of nitro groups is 1. The van der Waals surface area contributed by atoms with Crippen LogP contribution in [-0.2, 0) is 6.61 Å². The number of ether oxygens (including phenoxy) is 2. The quantitative estimate of drug-likeness (QED) is 0.453. The molecule has 0 bridgehead atoms. The molecule has 7 nitrogen and oxygen atoms in total. The Hall–Kier alpha value is -3.84. The zero-order chi connectivity index (χ0) is 18.2. The van der Waals surface area contributed by atoms with Crippen molar-refractivity contribution in [2.75, 3.05) is 7.11 Å². The number of hydrogen-bond acceptors (Lipinski definition) is 6. The first-order valence-electron chi connectivity index (χ1n) is 7.14. The summed E-state index contributed by atoms with van der Waals surface area (Å²) in [6.07, 6.45) is 1.15. The van der Waals surface area contributed by atoms with E-state index in [1.165, 1.54) is 19.2 Å². The van der Waals surface area contributed by atoms with Gasteiger partial charge in [-0.1, -0.05) is 30.3 Å². The molecule has 0 radical (unpaired) electrons. The fourth-order valence-corrected chi connectivity index (χ4v) is 2.09. The third-order valence-corrected chi connectivity index (χ3v) is 3.29. The molecular formula is C18H13N3O4. The number of methoxy groups -OCH3 is 1. The highest BCUT2D eigenvalue weighted by Crippen LogP contribution is 2.36. The average Bonchev–Trinajstić information content (AvgIpc) is 2.64. The maximum absolute atomic E-state index is 11.3. The van der Waals surface area contributed by atoms with Gasteiger partial charge in [-0.3, -0.25) is 10.1 Å². The summed E-state index contributed by atoms with van der Waals surface area (Å²) in [6, 6.07) is 15.3. The van der Waals surface area contributed by atoms with Crippen molar-refractivity contribution in [1.29, 1.82) is 10.5 Å². The van der Waals surface area contributed by atoms with E-state index in [2.05, 4.69) is 0 Å². The van der Waals surface area contributed by atoms with Crippen LogP contribution in [0.15, 0.2) is 48.0 Å². The Kier molecular flexibility index (Phi) is 5.70. The molecule has 0 amide bonds. The maximum atomic E-state index is 11.3. The minimum absolute atomic E-state index is 0.0898. The zero-order valence-electron chi connectivity index (χ0n) is 13.3. The fraction of sp³-hybridized carbons (Fsp3) is 0.111. The normalized spacial score (nSPS) is 9.40. The van der Waals surface area contributed by atoms with E-state index < -0.39 is 4.92 Å². The monoisotopic (exact) mass is 335 g/mol. The van der Waals surface area contributed by atoms with Gasteiger partial charge >= 0.3 is 0 Å². The lowest BCUT2D eigenvalue weighted by atomic mass is 10.1. The van der Waals surface area contributed by atoms with Crippen LogP contribution in [0.3, 0.4) is 0 Å². The average molecular weight is 335 g/mol. The van der Waals surface area contributed by atoms with E-state index >= 15 is 0 Å². The lowest BCUT2D eigenvalue weighted by Gasteiger charge is -2.12. The zero-order valence-corrected chi connectivity index (χ0v) is 13.3. The third kappa shape index (κ3) is 4.34. The van der Waals surface area contributed by atoms with E-state index in [1.54, 1.807) is 12.1 Å². The van der Waals surface area contributed by atoms with Gasteiger partial charge in [0.2, 0.25) is 0 Å². The van der Waals surface area contributed by atoms with E-state index in [4.69, 9.17) is 20.0 Å². The van der Waals surface area contributed by atoms with Gasteiger partial charge in [0.15, 0.2) is 11.5 Å². The minimum Gasteiger partial charge on any atom is -0.493 e. The Balaban J connectivity index is 2.45. The Bertz CT molecular complexity index is 877.